The Labute approximate surface area is 85.9 Å². The minimum Gasteiger partial charge on any atom is -0.398 e. The normalized spacial score (nSPS) is 9.86. The van der Waals surface area contributed by atoms with E-state index in [4.69, 9.17) is 5.73 Å². The summed E-state index contributed by atoms with van der Waals surface area (Å²) in [5, 5.41) is 2.47. The van der Waals surface area contributed by atoms with Gasteiger partial charge in [0.2, 0.25) is 5.91 Å². The Kier molecular flexibility index (Phi) is 3.76. The molecule has 3 N–H and O–H groups in total. The molecule has 76 valence electrons. The molecule has 0 aliphatic rings. The Hall–Kier alpha value is -1.23. The average Bonchev–Trinajstić information content (AvgIpc) is 2.19. The first kappa shape index (κ1) is 10.8. The number of rotatable bonds is 3. The first-order valence-corrected chi connectivity index (χ1v) is 5.00. The van der Waals surface area contributed by atoms with Crippen LogP contribution in [0.5, 0.6) is 0 Å². The minimum absolute atomic E-state index is 0.112. The smallest absolute Gasteiger partial charge is 0.230 e. The summed E-state index contributed by atoms with van der Waals surface area (Å²) in [5.74, 6) is -0.221. The van der Waals surface area contributed by atoms with Gasteiger partial charge in [-0.1, -0.05) is 0 Å². The lowest BCUT2D eigenvalue weighted by atomic mass is 10.3. The summed E-state index contributed by atoms with van der Waals surface area (Å²) in [7, 11) is 1.55. The molecule has 1 aromatic rings. The number of halogens is 1. The summed E-state index contributed by atoms with van der Waals surface area (Å²) >= 11 is 1.22. The van der Waals surface area contributed by atoms with Gasteiger partial charge in [-0.3, -0.25) is 4.79 Å². The van der Waals surface area contributed by atoms with Crippen molar-refractivity contribution < 1.29 is 9.18 Å². The van der Waals surface area contributed by atoms with Crippen LogP contribution in [-0.4, -0.2) is 18.7 Å². The molecule has 0 spiro atoms. The Morgan fingerprint density at radius 1 is 1.64 bits per heavy atom. The highest BCUT2D eigenvalue weighted by atomic mass is 32.2. The second-order valence-electron chi connectivity index (χ2n) is 2.64. The van der Waals surface area contributed by atoms with Crippen molar-refractivity contribution in [1.29, 1.82) is 0 Å². The van der Waals surface area contributed by atoms with Crippen LogP contribution in [0, 0.1) is 5.82 Å². The molecule has 0 aliphatic heterocycles. The number of thioether (sulfide) groups is 1. The highest BCUT2D eigenvalue weighted by Crippen LogP contribution is 2.25. The third-order valence-corrected chi connectivity index (χ3v) is 2.68. The number of amides is 1. The summed E-state index contributed by atoms with van der Waals surface area (Å²) in [6.45, 7) is 0. The predicted molar refractivity (Wildman–Crippen MR) is 55.6 cm³/mol. The number of hydrogen-bond acceptors (Lipinski definition) is 3. The minimum atomic E-state index is -0.349. The maximum atomic E-state index is 12.8. The van der Waals surface area contributed by atoms with Gasteiger partial charge in [-0.2, -0.15) is 0 Å². The van der Waals surface area contributed by atoms with Gasteiger partial charge in [0.05, 0.1) is 5.75 Å². The molecule has 0 aliphatic carbocycles. The second-order valence-corrected chi connectivity index (χ2v) is 3.66. The van der Waals surface area contributed by atoms with Crippen LogP contribution in [0.1, 0.15) is 0 Å². The molecule has 0 saturated heterocycles. The summed E-state index contributed by atoms with van der Waals surface area (Å²) < 4.78 is 12.8. The summed E-state index contributed by atoms with van der Waals surface area (Å²) in [5.41, 5.74) is 6.08. The van der Waals surface area contributed by atoms with Gasteiger partial charge in [0.15, 0.2) is 0 Å². The van der Waals surface area contributed by atoms with Crippen molar-refractivity contribution in [2.45, 2.75) is 4.90 Å². The molecule has 1 amide bonds. The van der Waals surface area contributed by atoms with Gasteiger partial charge >= 0.3 is 0 Å². The van der Waals surface area contributed by atoms with Gasteiger partial charge in [-0.25, -0.2) is 4.39 Å². The van der Waals surface area contributed by atoms with E-state index in [9.17, 15) is 9.18 Å². The van der Waals surface area contributed by atoms with Crippen LogP contribution >= 0.6 is 11.8 Å². The van der Waals surface area contributed by atoms with Gasteiger partial charge < -0.3 is 11.1 Å². The van der Waals surface area contributed by atoms with Gasteiger partial charge in [-0.05, 0) is 18.2 Å². The van der Waals surface area contributed by atoms with E-state index in [1.165, 1.54) is 30.0 Å². The van der Waals surface area contributed by atoms with Crippen molar-refractivity contribution >= 4 is 23.4 Å². The van der Waals surface area contributed by atoms with E-state index in [0.29, 0.717) is 10.6 Å². The molecular weight excluding hydrogens is 203 g/mol. The summed E-state index contributed by atoms with van der Waals surface area (Å²) in [6, 6.07) is 4.10. The number of carbonyl (C=O) groups excluding carboxylic acids is 1. The van der Waals surface area contributed by atoms with E-state index in [0.717, 1.165) is 0 Å². The highest BCUT2D eigenvalue weighted by molar-refractivity contribution is 8.00. The number of hydrogen-bond donors (Lipinski definition) is 2. The third-order valence-electron chi connectivity index (χ3n) is 1.61. The molecule has 0 saturated carbocycles. The molecule has 0 bridgehead atoms. The number of benzene rings is 1. The third kappa shape index (κ3) is 2.92. The van der Waals surface area contributed by atoms with Crippen molar-refractivity contribution in [3.05, 3.63) is 24.0 Å². The molecule has 0 atom stereocenters. The number of nitrogen functional groups attached to an aromatic ring is 1. The van der Waals surface area contributed by atoms with E-state index in [1.807, 2.05) is 0 Å². The molecule has 1 aromatic carbocycles. The van der Waals surface area contributed by atoms with E-state index >= 15 is 0 Å². The first-order valence-electron chi connectivity index (χ1n) is 4.02. The zero-order chi connectivity index (χ0) is 10.6. The Bertz CT molecular complexity index is 344. The van der Waals surface area contributed by atoms with Crippen molar-refractivity contribution in [2.24, 2.45) is 0 Å². The van der Waals surface area contributed by atoms with E-state index in [-0.39, 0.29) is 17.5 Å². The molecule has 0 unspecified atom stereocenters. The summed E-state index contributed by atoms with van der Waals surface area (Å²) in [6.07, 6.45) is 0. The van der Waals surface area contributed by atoms with Crippen LogP contribution in [-0.2, 0) is 4.79 Å². The molecule has 3 nitrogen and oxygen atoms in total. The molecule has 0 aromatic heterocycles. The second kappa shape index (κ2) is 4.85. The number of carbonyl (C=O) groups is 1. The zero-order valence-corrected chi connectivity index (χ0v) is 8.53. The fraction of sp³-hybridized carbons (Fsp3) is 0.222. The van der Waals surface area contributed by atoms with Crippen LogP contribution in [0.2, 0.25) is 0 Å². The average molecular weight is 214 g/mol. The lowest BCUT2D eigenvalue weighted by Crippen LogP contribution is -2.19. The van der Waals surface area contributed by atoms with Crippen LogP contribution in [0.25, 0.3) is 0 Å². The summed E-state index contributed by atoms with van der Waals surface area (Å²) in [4.78, 5) is 11.5. The fourth-order valence-corrected chi connectivity index (χ4v) is 1.71. The first-order chi connectivity index (χ1) is 6.63. The monoisotopic (exact) mass is 214 g/mol. The van der Waals surface area contributed by atoms with Crippen molar-refractivity contribution in [1.82, 2.24) is 5.32 Å². The molecule has 1 rings (SSSR count). The van der Waals surface area contributed by atoms with E-state index in [1.54, 1.807) is 7.05 Å². The van der Waals surface area contributed by atoms with Crippen molar-refractivity contribution in [2.75, 3.05) is 18.5 Å². The van der Waals surface area contributed by atoms with Crippen LogP contribution in [0.3, 0.4) is 0 Å². The molecule has 0 radical (unpaired) electrons. The van der Waals surface area contributed by atoms with Crippen LogP contribution in [0.15, 0.2) is 23.1 Å². The van der Waals surface area contributed by atoms with Gasteiger partial charge in [0.1, 0.15) is 5.82 Å². The molecular formula is C9H11FN2OS. The number of nitrogens with one attached hydrogen (secondary N) is 1. The van der Waals surface area contributed by atoms with Crippen molar-refractivity contribution in [3.8, 4) is 0 Å². The Morgan fingerprint density at radius 3 is 3.00 bits per heavy atom. The topological polar surface area (TPSA) is 55.1 Å². The van der Waals surface area contributed by atoms with Gasteiger partial charge in [0, 0.05) is 17.6 Å². The zero-order valence-electron chi connectivity index (χ0n) is 7.71. The number of nitrogens with two attached hydrogens (primary N) is 1. The molecule has 14 heavy (non-hydrogen) atoms. The van der Waals surface area contributed by atoms with Crippen LogP contribution in [0.4, 0.5) is 10.1 Å². The maximum absolute atomic E-state index is 12.8. The SMILES string of the molecule is CNC(=O)CSc1cc(F)ccc1N. The highest BCUT2D eigenvalue weighted by Gasteiger charge is 2.04. The molecule has 0 fully saturated rings. The fourth-order valence-electron chi connectivity index (χ4n) is 0.849. The van der Waals surface area contributed by atoms with E-state index in [2.05, 4.69) is 5.32 Å². The van der Waals surface area contributed by atoms with Crippen molar-refractivity contribution in [3.63, 3.8) is 0 Å². The van der Waals surface area contributed by atoms with E-state index < -0.39 is 0 Å². The number of anilines is 1. The largest absolute Gasteiger partial charge is 0.398 e. The van der Waals surface area contributed by atoms with Gasteiger partial charge in [0.25, 0.3) is 0 Å². The lowest BCUT2D eigenvalue weighted by Gasteiger charge is -2.04. The molecule has 5 heteroatoms. The van der Waals surface area contributed by atoms with Gasteiger partial charge in [-0.15, -0.1) is 11.8 Å². The predicted octanol–water partition coefficient (Wildman–Crippen LogP) is 1.25. The maximum Gasteiger partial charge on any atom is 0.230 e. The lowest BCUT2D eigenvalue weighted by molar-refractivity contribution is -0.118. The Morgan fingerprint density at radius 2 is 2.36 bits per heavy atom. The van der Waals surface area contributed by atoms with Crippen LogP contribution < -0.4 is 11.1 Å². The molecule has 0 heterocycles. The Balaban J connectivity index is 2.66. The quantitative estimate of drug-likeness (QED) is 0.588. The standard InChI is InChI=1S/C9H11FN2OS/c1-12-9(13)5-14-8-4-6(10)2-3-7(8)11/h2-4H,5,11H2,1H3,(H,12,13).